The van der Waals surface area contributed by atoms with Crippen LogP contribution in [0.5, 0.6) is 0 Å². The van der Waals surface area contributed by atoms with Crippen LogP contribution in [0.3, 0.4) is 0 Å². The maximum Gasteiger partial charge on any atom is 0.109 e. The first kappa shape index (κ1) is 8.37. The number of rotatable bonds is 1. The number of fused-ring (bicyclic) bond motifs is 2. The lowest BCUT2D eigenvalue weighted by atomic mass is 9.80. The Hall–Kier alpha value is -0.235. The maximum absolute atomic E-state index is 5.88. The fraction of sp³-hybridized carbons (Fsp3) is 0.800. The Kier molecular flexibility index (Phi) is 1.66. The van der Waals surface area contributed by atoms with Gasteiger partial charge < -0.3 is 4.74 Å². The summed E-state index contributed by atoms with van der Waals surface area (Å²) in [7, 11) is 5.88. The van der Waals surface area contributed by atoms with Crippen molar-refractivity contribution in [1.82, 2.24) is 0 Å². The van der Waals surface area contributed by atoms with Crippen molar-refractivity contribution < 1.29 is 4.74 Å². The van der Waals surface area contributed by atoms with Gasteiger partial charge in [-0.15, -0.1) is 0 Å². The fourth-order valence-electron chi connectivity index (χ4n) is 2.88. The molecule has 1 heterocycles. The summed E-state index contributed by atoms with van der Waals surface area (Å²) in [5.74, 6) is 0.968. The number of hydrogen-bond donors (Lipinski definition) is 0. The molecule has 2 heteroatoms. The Bertz CT molecular complexity index is 226. The van der Waals surface area contributed by atoms with Crippen LogP contribution in [0.25, 0.3) is 0 Å². The molecule has 2 aliphatic rings. The van der Waals surface area contributed by atoms with Crippen molar-refractivity contribution in [2.75, 3.05) is 0 Å². The van der Waals surface area contributed by atoms with E-state index in [0.717, 1.165) is 12.8 Å². The van der Waals surface area contributed by atoms with E-state index in [2.05, 4.69) is 20.4 Å². The Morgan fingerprint density at radius 1 is 1.75 bits per heavy atom. The average Bonchev–Trinajstić information content (AvgIpc) is 2.37. The van der Waals surface area contributed by atoms with Crippen LogP contribution in [-0.2, 0) is 4.74 Å². The van der Waals surface area contributed by atoms with Crippen LogP contribution in [0, 0.1) is 11.8 Å². The highest BCUT2D eigenvalue weighted by Gasteiger charge is 2.56. The zero-order valence-electron chi connectivity index (χ0n) is 7.84. The molecule has 2 radical (unpaired) electrons. The summed E-state index contributed by atoms with van der Waals surface area (Å²) in [6.45, 7) is 8.48. The summed E-state index contributed by atoms with van der Waals surface area (Å²) in [5, 5.41) is 0. The monoisotopic (exact) mass is 162 g/mol. The molecule has 1 unspecified atom stereocenters. The van der Waals surface area contributed by atoms with Crippen molar-refractivity contribution in [3.05, 3.63) is 12.2 Å². The van der Waals surface area contributed by atoms with Crippen LogP contribution in [0.4, 0.5) is 0 Å². The standard InChI is InChI=1S/C10H15BO/c1-4-10-5-6(2)8(7(10)3)9(11)12-10/h7-9H,2,4-5H2,1,3H3/t7?,8-,9-,10-/m1/s1. The van der Waals surface area contributed by atoms with E-state index in [9.17, 15) is 0 Å². The summed E-state index contributed by atoms with van der Waals surface area (Å²) in [5.41, 5.74) is 1.32. The molecule has 1 saturated heterocycles. The van der Waals surface area contributed by atoms with Gasteiger partial charge >= 0.3 is 0 Å². The summed E-state index contributed by atoms with van der Waals surface area (Å²) in [6, 6.07) is -0.0961. The molecule has 2 rings (SSSR count). The molecular weight excluding hydrogens is 147 g/mol. The van der Waals surface area contributed by atoms with Crippen LogP contribution in [-0.4, -0.2) is 19.5 Å². The van der Waals surface area contributed by atoms with Gasteiger partial charge in [-0.25, -0.2) is 0 Å². The first-order valence-corrected chi connectivity index (χ1v) is 4.72. The fourth-order valence-corrected chi connectivity index (χ4v) is 2.88. The van der Waals surface area contributed by atoms with Gasteiger partial charge in [-0.1, -0.05) is 26.0 Å². The smallest absolute Gasteiger partial charge is 0.109 e. The maximum atomic E-state index is 5.88. The minimum absolute atomic E-state index is 0.0289. The highest BCUT2D eigenvalue weighted by molar-refractivity contribution is 6.11. The van der Waals surface area contributed by atoms with Crippen LogP contribution in [0.15, 0.2) is 12.2 Å². The van der Waals surface area contributed by atoms with Gasteiger partial charge in [0.2, 0.25) is 0 Å². The first-order chi connectivity index (χ1) is 5.60. The minimum Gasteiger partial charge on any atom is -0.380 e. The van der Waals surface area contributed by atoms with E-state index in [1.165, 1.54) is 5.57 Å². The Morgan fingerprint density at radius 2 is 2.42 bits per heavy atom. The molecule has 0 aromatic rings. The highest BCUT2D eigenvalue weighted by atomic mass is 16.5. The lowest BCUT2D eigenvalue weighted by molar-refractivity contribution is -0.0382. The molecule has 0 N–H and O–H groups in total. The molecule has 1 aliphatic carbocycles. The van der Waals surface area contributed by atoms with Crippen molar-refractivity contribution in [2.24, 2.45) is 11.8 Å². The first-order valence-electron chi connectivity index (χ1n) is 4.72. The van der Waals surface area contributed by atoms with Gasteiger partial charge in [0.1, 0.15) is 7.85 Å². The third-order valence-corrected chi connectivity index (χ3v) is 3.69. The van der Waals surface area contributed by atoms with E-state index in [1.54, 1.807) is 0 Å². The van der Waals surface area contributed by atoms with Crippen LogP contribution < -0.4 is 0 Å². The van der Waals surface area contributed by atoms with Crippen LogP contribution >= 0.6 is 0 Å². The Morgan fingerprint density at radius 3 is 2.75 bits per heavy atom. The Labute approximate surface area is 75.6 Å². The third kappa shape index (κ3) is 0.793. The van der Waals surface area contributed by atoms with E-state index in [4.69, 9.17) is 12.6 Å². The second kappa shape index (κ2) is 2.38. The summed E-state index contributed by atoms with van der Waals surface area (Å²) >= 11 is 0. The Balaban J connectivity index is 2.34. The summed E-state index contributed by atoms with van der Waals surface area (Å²) < 4.78 is 5.80. The summed E-state index contributed by atoms with van der Waals surface area (Å²) in [6.07, 6.45) is 2.07. The molecule has 0 amide bonds. The van der Waals surface area contributed by atoms with Crippen molar-refractivity contribution >= 4 is 7.85 Å². The van der Waals surface area contributed by atoms with E-state index in [0.29, 0.717) is 11.8 Å². The van der Waals surface area contributed by atoms with Gasteiger partial charge in [-0.2, -0.15) is 0 Å². The molecule has 1 nitrogen and oxygen atoms in total. The second-order valence-electron chi connectivity index (χ2n) is 4.15. The largest absolute Gasteiger partial charge is 0.380 e. The van der Waals surface area contributed by atoms with Gasteiger partial charge in [-0.3, -0.25) is 0 Å². The van der Waals surface area contributed by atoms with Gasteiger partial charge in [0.25, 0.3) is 0 Å². The van der Waals surface area contributed by atoms with Gasteiger partial charge in [-0.05, 0) is 18.8 Å². The number of hydrogen-bond acceptors (Lipinski definition) is 1. The van der Waals surface area contributed by atoms with Gasteiger partial charge in [0, 0.05) is 11.9 Å². The second-order valence-corrected chi connectivity index (χ2v) is 4.15. The lowest BCUT2D eigenvalue weighted by Gasteiger charge is -2.30. The van der Waals surface area contributed by atoms with Crippen molar-refractivity contribution in [3.63, 3.8) is 0 Å². The van der Waals surface area contributed by atoms with Crippen LogP contribution in [0.1, 0.15) is 26.7 Å². The molecule has 12 heavy (non-hydrogen) atoms. The van der Waals surface area contributed by atoms with Crippen molar-refractivity contribution in [1.29, 1.82) is 0 Å². The molecule has 4 atom stereocenters. The van der Waals surface area contributed by atoms with Gasteiger partial charge in [0.15, 0.2) is 0 Å². The van der Waals surface area contributed by atoms with E-state index in [-0.39, 0.29) is 11.6 Å². The van der Waals surface area contributed by atoms with E-state index in [1.807, 2.05) is 0 Å². The number of ether oxygens (including phenoxy) is 1. The molecule has 2 fully saturated rings. The normalized spacial score (nSPS) is 51.8. The van der Waals surface area contributed by atoms with Gasteiger partial charge in [0.05, 0.1) is 5.60 Å². The molecular formula is C10H15BO. The molecule has 0 aromatic heterocycles. The molecule has 1 aliphatic heterocycles. The summed E-state index contributed by atoms with van der Waals surface area (Å²) in [4.78, 5) is 0. The van der Waals surface area contributed by atoms with E-state index < -0.39 is 0 Å². The van der Waals surface area contributed by atoms with Crippen molar-refractivity contribution in [3.8, 4) is 0 Å². The molecule has 2 bridgehead atoms. The predicted molar refractivity (Wildman–Crippen MR) is 50.1 cm³/mol. The average molecular weight is 162 g/mol. The third-order valence-electron chi connectivity index (χ3n) is 3.69. The minimum atomic E-state index is -0.0961. The molecule has 64 valence electrons. The quantitative estimate of drug-likeness (QED) is 0.422. The zero-order chi connectivity index (χ0) is 8.93. The van der Waals surface area contributed by atoms with Crippen molar-refractivity contribution in [2.45, 2.75) is 38.3 Å². The molecule has 1 saturated carbocycles. The predicted octanol–water partition coefficient (Wildman–Crippen LogP) is 1.87. The zero-order valence-corrected chi connectivity index (χ0v) is 7.84. The highest BCUT2D eigenvalue weighted by Crippen LogP contribution is 2.55. The lowest BCUT2D eigenvalue weighted by Crippen LogP contribution is -2.33. The van der Waals surface area contributed by atoms with Crippen LogP contribution in [0.2, 0.25) is 0 Å². The van der Waals surface area contributed by atoms with E-state index >= 15 is 0 Å². The molecule has 0 spiro atoms. The molecule has 0 aromatic carbocycles. The topological polar surface area (TPSA) is 9.23 Å². The SMILES string of the molecule is [B][C@@H]1O[C@]2(CC)CC(=C)[C@@H]1C2C.